The summed E-state index contributed by atoms with van der Waals surface area (Å²) in [6.07, 6.45) is 5.15. The van der Waals surface area contributed by atoms with Crippen LogP contribution in [-0.2, 0) is 28.8 Å². The summed E-state index contributed by atoms with van der Waals surface area (Å²) in [7, 11) is 3.10. The first-order valence-electron chi connectivity index (χ1n) is 13.3. The lowest BCUT2D eigenvalue weighted by Gasteiger charge is -2.27. The first-order chi connectivity index (χ1) is 18.6. The molecule has 1 aromatic heterocycles. The highest BCUT2D eigenvalue weighted by Gasteiger charge is 2.29. The number of thiazole rings is 1. The SMILES string of the molecule is CCCc1c(OCCCOc2ccc(-c3cscn3)c(OC)c2CCC)ccc2c1OC(C(=O)OC)CC2. The molecule has 1 unspecified atom stereocenters. The minimum Gasteiger partial charge on any atom is -0.496 e. The molecule has 0 saturated carbocycles. The fourth-order valence-electron chi connectivity index (χ4n) is 4.84. The van der Waals surface area contributed by atoms with Crippen LogP contribution in [0.1, 0.15) is 56.2 Å². The fraction of sp³-hybridized carbons (Fsp3) is 0.467. The van der Waals surface area contributed by atoms with Crippen molar-refractivity contribution in [3.8, 4) is 34.3 Å². The van der Waals surface area contributed by atoms with Crippen LogP contribution < -0.4 is 18.9 Å². The first kappa shape index (κ1) is 27.8. The van der Waals surface area contributed by atoms with Crippen LogP contribution in [0.5, 0.6) is 23.0 Å². The number of aryl methyl sites for hydroxylation is 1. The molecule has 1 atom stereocenters. The Bertz CT molecular complexity index is 1210. The molecule has 0 saturated heterocycles. The van der Waals surface area contributed by atoms with Crippen LogP contribution in [0.3, 0.4) is 0 Å². The molecule has 4 rings (SSSR count). The molecule has 204 valence electrons. The van der Waals surface area contributed by atoms with Gasteiger partial charge in [-0.1, -0.05) is 32.8 Å². The Labute approximate surface area is 229 Å². The van der Waals surface area contributed by atoms with Crippen LogP contribution in [0.25, 0.3) is 11.3 Å². The van der Waals surface area contributed by atoms with Gasteiger partial charge in [-0.3, -0.25) is 0 Å². The fourth-order valence-corrected chi connectivity index (χ4v) is 5.40. The third-order valence-electron chi connectivity index (χ3n) is 6.63. The van der Waals surface area contributed by atoms with Crippen LogP contribution in [0.2, 0.25) is 0 Å². The summed E-state index contributed by atoms with van der Waals surface area (Å²) < 4.78 is 29.2. The van der Waals surface area contributed by atoms with E-state index in [0.29, 0.717) is 19.6 Å². The third-order valence-corrected chi connectivity index (χ3v) is 7.22. The highest BCUT2D eigenvalue weighted by Crippen LogP contribution is 2.40. The summed E-state index contributed by atoms with van der Waals surface area (Å²) >= 11 is 1.57. The van der Waals surface area contributed by atoms with E-state index in [2.05, 4.69) is 18.8 Å². The molecule has 2 aromatic carbocycles. The number of aromatic nitrogens is 1. The number of rotatable bonds is 13. The van der Waals surface area contributed by atoms with Crippen molar-refractivity contribution in [2.45, 2.75) is 64.9 Å². The molecule has 1 aliphatic heterocycles. The lowest BCUT2D eigenvalue weighted by atomic mass is 9.96. The maximum Gasteiger partial charge on any atom is 0.347 e. The van der Waals surface area contributed by atoms with Crippen LogP contribution >= 0.6 is 11.3 Å². The molecule has 0 spiro atoms. The quantitative estimate of drug-likeness (QED) is 0.183. The zero-order valence-corrected chi connectivity index (χ0v) is 23.5. The standard InChI is InChI=1S/C30H37NO6S/c1-5-8-22-25(13-10-20-11-14-27(30(32)34-4)37-28(20)22)35-16-7-17-36-26-15-12-21(24-18-38-19-31-24)29(33-3)23(26)9-6-2/h10,12-13,15,18-19,27H,5-9,11,14,16-17H2,1-4H3. The predicted octanol–water partition coefficient (Wildman–Crippen LogP) is 6.44. The molecule has 0 N–H and O–H groups in total. The predicted molar refractivity (Wildman–Crippen MR) is 149 cm³/mol. The van der Waals surface area contributed by atoms with Gasteiger partial charge in [0.25, 0.3) is 0 Å². The number of fused-ring (bicyclic) bond motifs is 1. The molecule has 0 fully saturated rings. The van der Waals surface area contributed by atoms with Crippen molar-refractivity contribution in [3.63, 3.8) is 0 Å². The van der Waals surface area contributed by atoms with Gasteiger partial charge in [-0.25, -0.2) is 9.78 Å². The van der Waals surface area contributed by atoms with Crippen molar-refractivity contribution < 1.29 is 28.5 Å². The molecule has 8 heteroatoms. The van der Waals surface area contributed by atoms with Crippen molar-refractivity contribution in [1.82, 2.24) is 4.98 Å². The van der Waals surface area contributed by atoms with Gasteiger partial charge in [0.2, 0.25) is 0 Å². The van der Waals surface area contributed by atoms with Crippen LogP contribution in [0.4, 0.5) is 0 Å². The molecule has 0 bridgehead atoms. The normalized spacial score (nSPS) is 14.4. The Hall–Kier alpha value is -3.26. The Kier molecular flexibility index (Phi) is 9.87. The topological polar surface area (TPSA) is 76.1 Å². The Morgan fingerprint density at radius 2 is 1.74 bits per heavy atom. The van der Waals surface area contributed by atoms with Gasteiger partial charge in [-0.05, 0) is 49.4 Å². The van der Waals surface area contributed by atoms with Crippen molar-refractivity contribution in [1.29, 1.82) is 0 Å². The average Bonchev–Trinajstić information content (AvgIpc) is 3.48. The Balaban J connectivity index is 1.41. The molecular formula is C30H37NO6S. The Morgan fingerprint density at radius 3 is 2.39 bits per heavy atom. The second-order valence-electron chi connectivity index (χ2n) is 9.25. The van der Waals surface area contributed by atoms with E-state index < -0.39 is 6.10 Å². The average molecular weight is 540 g/mol. The largest absolute Gasteiger partial charge is 0.496 e. The van der Waals surface area contributed by atoms with Crippen molar-refractivity contribution in [2.24, 2.45) is 0 Å². The molecule has 7 nitrogen and oxygen atoms in total. The van der Waals surface area contributed by atoms with Gasteiger partial charge in [-0.2, -0.15) is 0 Å². The van der Waals surface area contributed by atoms with Gasteiger partial charge in [0.1, 0.15) is 23.0 Å². The van der Waals surface area contributed by atoms with Gasteiger partial charge in [0, 0.05) is 28.5 Å². The highest BCUT2D eigenvalue weighted by atomic mass is 32.1. The molecule has 3 aromatic rings. The van der Waals surface area contributed by atoms with Gasteiger partial charge in [0.15, 0.2) is 6.10 Å². The van der Waals surface area contributed by atoms with Gasteiger partial charge in [-0.15, -0.1) is 11.3 Å². The maximum absolute atomic E-state index is 12.1. The van der Waals surface area contributed by atoms with E-state index >= 15 is 0 Å². The maximum atomic E-state index is 12.1. The zero-order valence-electron chi connectivity index (χ0n) is 22.7. The summed E-state index contributed by atoms with van der Waals surface area (Å²) in [5.41, 5.74) is 6.93. The van der Waals surface area contributed by atoms with Crippen LogP contribution in [0.15, 0.2) is 35.2 Å². The Morgan fingerprint density at radius 1 is 1.03 bits per heavy atom. The summed E-state index contributed by atoms with van der Waals surface area (Å²) in [5, 5.41) is 2.03. The molecule has 38 heavy (non-hydrogen) atoms. The van der Waals surface area contributed by atoms with E-state index in [1.54, 1.807) is 18.4 Å². The molecule has 2 heterocycles. The minimum absolute atomic E-state index is 0.333. The molecule has 0 aliphatic carbocycles. The third kappa shape index (κ3) is 6.23. The van der Waals surface area contributed by atoms with E-state index in [9.17, 15) is 4.79 Å². The second-order valence-corrected chi connectivity index (χ2v) is 9.96. The lowest BCUT2D eigenvalue weighted by molar-refractivity contribution is -0.149. The van der Waals surface area contributed by atoms with E-state index in [1.165, 1.54) is 7.11 Å². The van der Waals surface area contributed by atoms with Crippen molar-refractivity contribution >= 4 is 17.3 Å². The zero-order chi connectivity index (χ0) is 26.9. The number of esters is 1. The number of ether oxygens (including phenoxy) is 5. The van der Waals surface area contributed by atoms with E-state index in [4.69, 9.17) is 23.7 Å². The number of carbonyl (C=O) groups is 1. The minimum atomic E-state index is -0.567. The number of carbonyl (C=O) groups excluding carboxylic acids is 1. The number of nitrogens with zero attached hydrogens (tertiary/aromatic N) is 1. The van der Waals surface area contributed by atoms with Crippen molar-refractivity contribution in [3.05, 3.63) is 51.8 Å². The van der Waals surface area contributed by atoms with Crippen LogP contribution in [-0.4, -0.2) is 44.5 Å². The molecule has 1 aliphatic rings. The van der Waals surface area contributed by atoms with Gasteiger partial charge < -0.3 is 23.7 Å². The van der Waals surface area contributed by atoms with E-state index in [0.717, 1.165) is 89.5 Å². The molecular weight excluding hydrogens is 502 g/mol. The van der Waals surface area contributed by atoms with E-state index in [1.807, 2.05) is 35.2 Å². The molecule has 0 radical (unpaired) electrons. The van der Waals surface area contributed by atoms with Crippen molar-refractivity contribution in [2.75, 3.05) is 27.4 Å². The smallest absolute Gasteiger partial charge is 0.347 e. The highest BCUT2D eigenvalue weighted by molar-refractivity contribution is 7.07. The first-order valence-corrected chi connectivity index (χ1v) is 14.3. The monoisotopic (exact) mass is 539 g/mol. The summed E-state index contributed by atoms with van der Waals surface area (Å²) in [6.45, 7) is 5.30. The van der Waals surface area contributed by atoms with Gasteiger partial charge in [0.05, 0.1) is 38.6 Å². The number of benzene rings is 2. The lowest BCUT2D eigenvalue weighted by Crippen LogP contribution is -2.32. The summed E-state index contributed by atoms with van der Waals surface area (Å²) in [4.78, 5) is 16.5. The summed E-state index contributed by atoms with van der Waals surface area (Å²) in [5.74, 6) is 2.91. The van der Waals surface area contributed by atoms with Gasteiger partial charge >= 0.3 is 5.97 Å². The van der Waals surface area contributed by atoms with Crippen LogP contribution in [0, 0.1) is 0 Å². The second kappa shape index (κ2) is 13.5. The van der Waals surface area contributed by atoms with E-state index in [-0.39, 0.29) is 5.97 Å². The molecule has 0 amide bonds. The summed E-state index contributed by atoms with van der Waals surface area (Å²) in [6, 6.07) is 8.10. The number of hydrogen-bond acceptors (Lipinski definition) is 8. The number of hydrogen-bond donors (Lipinski definition) is 0. The number of methoxy groups -OCH3 is 2.